The van der Waals surface area contributed by atoms with Gasteiger partial charge in [-0.25, -0.2) is 4.39 Å². The molecule has 5 heteroatoms. The minimum absolute atomic E-state index is 0.00555. The van der Waals surface area contributed by atoms with Crippen LogP contribution in [0, 0.1) is 17.7 Å². The number of carbonyl (C=O) groups is 1. The van der Waals surface area contributed by atoms with Crippen LogP contribution in [0.4, 0.5) is 10.1 Å². The van der Waals surface area contributed by atoms with Gasteiger partial charge in [-0.1, -0.05) is 31.5 Å². The number of benzene rings is 1. The average Bonchev–Trinajstić information content (AvgIpc) is 2.39. The van der Waals surface area contributed by atoms with Gasteiger partial charge in [-0.3, -0.25) is 4.79 Å². The predicted molar refractivity (Wildman–Crippen MR) is 81.3 cm³/mol. The Morgan fingerprint density at radius 2 is 2.10 bits per heavy atom. The Labute approximate surface area is 124 Å². The van der Waals surface area contributed by atoms with Crippen LogP contribution in [0.3, 0.4) is 0 Å². The van der Waals surface area contributed by atoms with Crippen molar-refractivity contribution in [3.63, 3.8) is 0 Å². The molecule has 0 saturated carbocycles. The first-order valence-corrected chi connectivity index (χ1v) is 7.27. The van der Waals surface area contributed by atoms with Crippen molar-refractivity contribution in [2.75, 3.05) is 11.9 Å². The molecule has 1 amide bonds. The molecule has 0 heterocycles. The summed E-state index contributed by atoms with van der Waals surface area (Å²) in [6, 6.07) is 4.55. The van der Waals surface area contributed by atoms with Gasteiger partial charge >= 0.3 is 0 Å². The number of nitrogens with one attached hydrogen (secondary N) is 1. The van der Waals surface area contributed by atoms with Crippen molar-refractivity contribution in [2.45, 2.75) is 33.1 Å². The topological polar surface area (TPSA) is 55.1 Å². The molecule has 0 bridgehead atoms. The Kier molecular flexibility index (Phi) is 6.96. The summed E-state index contributed by atoms with van der Waals surface area (Å²) in [6.45, 7) is 4.86. The average molecular weight is 301 g/mol. The van der Waals surface area contributed by atoms with Crippen molar-refractivity contribution >= 4 is 23.2 Å². The van der Waals surface area contributed by atoms with Gasteiger partial charge in [0.2, 0.25) is 5.91 Å². The highest BCUT2D eigenvalue weighted by atomic mass is 35.5. The highest BCUT2D eigenvalue weighted by Gasteiger charge is 2.15. The summed E-state index contributed by atoms with van der Waals surface area (Å²) in [5, 5.41) is 2.56. The smallest absolute Gasteiger partial charge is 0.224 e. The molecule has 0 aliphatic rings. The normalized spacial score (nSPS) is 12.5. The highest BCUT2D eigenvalue weighted by molar-refractivity contribution is 6.31. The summed E-state index contributed by atoms with van der Waals surface area (Å²) in [7, 11) is 0. The van der Waals surface area contributed by atoms with Crippen molar-refractivity contribution in [2.24, 2.45) is 17.6 Å². The summed E-state index contributed by atoms with van der Waals surface area (Å²) in [5.41, 5.74) is 5.70. The van der Waals surface area contributed by atoms with Crippen LogP contribution in [0.25, 0.3) is 0 Å². The molecule has 3 N–H and O–H groups in total. The lowest BCUT2D eigenvalue weighted by Crippen LogP contribution is -2.18. The van der Waals surface area contributed by atoms with E-state index >= 15 is 0 Å². The molecule has 0 aromatic heterocycles. The molecule has 1 aromatic carbocycles. The SMILES string of the molecule is CC(C)C(CCN)CCC(=O)Nc1cccc(Cl)c1F. The van der Waals surface area contributed by atoms with Crippen molar-refractivity contribution in [3.8, 4) is 0 Å². The van der Waals surface area contributed by atoms with Gasteiger partial charge in [-0.05, 0) is 43.4 Å². The number of halogens is 2. The first-order chi connectivity index (χ1) is 9.45. The van der Waals surface area contributed by atoms with Gasteiger partial charge in [0.1, 0.15) is 0 Å². The summed E-state index contributed by atoms with van der Waals surface area (Å²) < 4.78 is 13.6. The van der Waals surface area contributed by atoms with Crippen LogP contribution in [0.5, 0.6) is 0 Å². The van der Waals surface area contributed by atoms with Crippen molar-refractivity contribution in [1.29, 1.82) is 0 Å². The van der Waals surface area contributed by atoms with Crippen LogP contribution in [0.1, 0.15) is 33.1 Å². The summed E-state index contributed by atoms with van der Waals surface area (Å²) >= 11 is 5.67. The van der Waals surface area contributed by atoms with Crippen LogP contribution >= 0.6 is 11.6 Å². The second kappa shape index (κ2) is 8.22. The molecule has 112 valence electrons. The number of rotatable bonds is 7. The zero-order valence-corrected chi connectivity index (χ0v) is 12.7. The van der Waals surface area contributed by atoms with Gasteiger partial charge in [0.25, 0.3) is 0 Å². The third-order valence-corrected chi connectivity index (χ3v) is 3.74. The minimum atomic E-state index is -0.593. The molecular formula is C15H22ClFN2O. The van der Waals surface area contributed by atoms with Crippen molar-refractivity contribution < 1.29 is 9.18 Å². The molecule has 0 radical (unpaired) electrons. The zero-order chi connectivity index (χ0) is 15.1. The van der Waals surface area contributed by atoms with Crippen molar-refractivity contribution in [1.82, 2.24) is 0 Å². The number of anilines is 1. The number of hydrogen-bond donors (Lipinski definition) is 2. The van der Waals surface area contributed by atoms with Gasteiger partial charge in [0.15, 0.2) is 5.82 Å². The van der Waals surface area contributed by atoms with E-state index in [1.54, 1.807) is 6.07 Å². The molecule has 0 aliphatic heterocycles. The fraction of sp³-hybridized carbons (Fsp3) is 0.533. The van der Waals surface area contributed by atoms with Crippen LogP contribution in [0.2, 0.25) is 5.02 Å². The molecule has 1 aromatic rings. The van der Waals surface area contributed by atoms with E-state index in [9.17, 15) is 9.18 Å². The molecule has 1 rings (SSSR count). The molecule has 0 saturated heterocycles. The van der Waals surface area contributed by atoms with Gasteiger partial charge in [-0.2, -0.15) is 0 Å². The first-order valence-electron chi connectivity index (χ1n) is 6.89. The maximum atomic E-state index is 13.6. The lowest BCUT2D eigenvalue weighted by atomic mass is 9.88. The summed E-state index contributed by atoms with van der Waals surface area (Å²) in [4.78, 5) is 11.9. The molecule has 1 unspecified atom stereocenters. The molecule has 0 spiro atoms. The fourth-order valence-corrected chi connectivity index (χ4v) is 2.33. The third-order valence-electron chi connectivity index (χ3n) is 3.45. The van der Waals surface area contributed by atoms with Gasteiger partial charge in [-0.15, -0.1) is 0 Å². The maximum absolute atomic E-state index is 13.6. The Morgan fingerprint density at radius 3 is 2.70 bits per heavy atom. The number of hydrogen-bond acceptors (Lipinski definition) is 2. The lowest BCUT2D eigenvalue weighted by molar-refractivity contribution is -0.116. The quantitative estimate of drug-likeness (QED) is 0.804. The summed E-state index contributed by atoms with van der Waals surface area (Å²) in [6.07, 6.45) is 2.01. The monoisotopic (exact) mass is 300 g/mol. The molecule has 3 nitrogen and oxygen atoms in total. The van der Waals surface area contributed by atoms with Crippen molar-refractivity contribution in [3.05, 3.63) is 29.0 Å². The van der Waals surface area contributed by atoms with E-state index in [-0.39, 0.29) is 16.6 Å². The van der Waals surface area contributed by atoms with Crippen LogP contribution in [-0.2, 0) is 4.79 Å². The first kappa shape index (κ1) is 16.9. The minimum Gasteiger partial charge on any atom is -0.330 e. The molecule has 20 heavy (non-hydrogen) atoms. The molecule has 0 aliphatic carbocycles. The van der Waals surface area contributed by atoms with Gasteiger partial charge < -0.3 is 11.1 Å². The van der Waals surface area contributed by atoms with Crippen LogP contribution in [-0.4, -0.2) is 12.5 Å². The van der Waals surface area contributed by atoms with E-state index in [0.717, 1.165) is 12.8 Å². The Bertz CT molecular complexity index is 451. The van der Waals surface area contributed by atoms with Gasteiger partial charge in [0.05, 0.1) is 10.7 Å². The van der Waals surface area contributed by atoms with E-state index in [0.29, 0.717) is 24.8 Å². The van der Waals surface area contributed by atoms with Gasteiger partial charge in [0, 0.05) is 6.42 Å². The Balaban J connectivity index is 2.53. The predicted octanol–water partition coefficient (Wildman–Crippen LogP) is 3.82. The zero-order valence-electron chi connectivity index (χ0n) is 12.0. The summed E-state index contributed by atoms with van der Waals surface area (Å²) in [5.74, 6) is 0.0999. The van der Waals surface area contributed by atoms with E-state index in [1.165, 1.54) is 12.1 Å². The number of amides is 1. The van der Waals surface area contributed by atoms with E-state index < -0.39 is 5.82 Å². The maximum Gasteiger partial charge on any atom is 0.224 e. The fourth-order valence-electron chi connectivity index (χ4n) is 2.15. The Morgan fingerprint density at radius 1 is 1.40 bits per heavy atom. The Hall–Kier alpha value is -1.13. The second-order valence-electron chi connectivity index (χ2n) is 5.27. The largest absolute Gasteiger partial charge is 0.330 e. The van der Waals surface area contributed by atoms with E-state index in [2.05, 4.69) is 19.2 Å². The number of carbonyl (C=O) groups excluding carboxylic acids is 1. The van der Waals surface area contributed by atoms with Crippen LogP contribution in [0.15, 0.2) is 18.2 Å². The molecule has 0 fully saturated rings. The second-order valence-corrected chi connectivity index (χ2v) is 5.68. The van der Waals surface area contributed by atoms with E-state index in [4.69, 9.17) is 17.3 Å². The van der Waals surface area contributed by atoms with E-state index in [1.807, 2.05) is 0 Å². The standard InChI is InChI=1S/C15H22ClFN2O/c1-10(2)11(8-9-18)6-7-14(20)19-13-5-3-4-12(16)15(13)17/h3-5,10-11H,6-9,18H2,1-2H3,(H,19,20). The third kappa shape index (κ3) is 5.10. The molecular weight excluding hydrogens is 279 g/mol. The van der Waals surface area contributed by atoms with Crippen LogP contribution < -0.4 is 11.1 Å². The highest BCUT2D eigenvalue weighted by Crippen LogP contribution is 2.23. The number of nitrogens with two attached hydrogens (primary N) is 1. The lowest BCUT2D eigenvalue weighted by Gasteiger charge is -2.19. The molecule has 1 atom stereocenters.